The van der Waals surface area contributed by atoms with Gasteiger partial charge in [0, 0.05) is 13.0 Å². The number of hydrogen-bond acceptors (Lipinski definition) is 7. The molecule has 0 aromatic carbocycles. The molecule has 20 heavy (non-hydrogen) atoms. The number of nitrogens with one attached hydrogen (secondary N) is 1. The van der Waals surface area contributed by atoms with Gasteiger partial charge in [0.25, 0.3) is 6.47 Å². The van der Waals surface area contributed by atoms with Crippen molar-refractivity contribution in [3.05, 3.63) is 0 Å². The zero-order valence-corrected chi connectivity index (χ0v) is 12.2. The minimum atomic E-state index is -1.63. The molecule has 1 aliphatic rings. The second-order valence-corrected chi connectivity index (χ2v) is 5.67. The summed E-state index contributed by atoms with van der Waals surface area (Å²) in [6.07, 6.45) is -0.0199. The van der Waals surface area contributed by atoms with Crippen LogP contribution >= 0.6 is 0 Å². The Bertz CT molecular complexity index is 389. The van der Waals surface area contributed by atoms with Crippen molar-refractivity contribution in [2.24, 2.45) is 0 Å². The summed E-state index contributed by atoms with van der Waals surface area (Å²) in [4.78, 5) is 34.8. The Labute approximate surface area is 117 Å². The van der Waals surface area contributed by atoms with Gasteiger partial charge >= 0.3 is 11.9 Å². The van der Waals surface area contributed by atoms with Crippen LogP contribution in [0.1, 0.15) is 33.6 Å². The Morgan fingerprint density at radius 2 is 1.95 bits per heavy atom. The monoisotopic (exact) mass is 287 g/mol. The lowest BCUT2D eigenvalue weighted by molar-refractivity contribution is -0.177. The minimum absolute atomic E-state index is 0.00662. The maximum Gasteiger partial charge on any atom is 0.338 e. The van der Waals surface area contributed by atoms with Crippen molar-refractivity contribution in [3.63, 3.8) is 0 Å². The van der Waals surface area contributed by atoms with Gasteiger partial charge in [-0.1, -0.05) is 0 Å². The summed E-state index contributed by atoms with van der Waals surface area (Å²) in [7, 11) is 1.19. The number of carbonyl (C=O) groups excluding carboxylic acids is 3. The Morgan fingerprint density at radius 3 is 2.45 bits per heavy atom. The fraction of sp³-hybridized carbons (Fsp3) is 0.769. The van der Waals surface area contributed by atoms with Crippen LogP contribution < -0.4 is 5.32 Å². The maximum absolute atomic E-state index is 12.4. The lowest BCUT2D eigenvalue weighted by atomic mass is 9.86. The summed E-state index contributed by atoms with van der Waals surface area (Å²) in [5, 5.41) is 2.85. The fourth-order valence-corrected chi connectivity index (χ4v) is 2.09. The SMILES string of the molecule is COC(=O)[C@@]1(C(=O)OC(C)(C)C)C[C@H](OC=O)CCN1. The van der Waals surface area contributed by atoms with Crippen LogP contribution in [-0.2, 0) is 28.6 Å². The summed E-state index contributed by atoms with van der Waals surface area (Å²) in [6.45, 7) is 5.77. The minimum Gasteiger partial charge on any atom is -0.467 e. The predicted octanol–water partition coefficient (Wildman–Crippen LogP) is 0.165. The zero-order chi connectivity index (χ0) is 15.4. The summed E-state index contributed by atoms with van der Waals surface area (Å²) < 4.78 is 14.9. The van der Waals surface area contributed by atoms with Crippen molar-refractivity contribution in [1.82, 2.24) is 5.32 Å². The molecule has 7 heteroatoms. The number of rotatable bonds is 4. The third-order valence-corrected chi connectivity index (χ3v) is 2.96. The molecule has 0 unspecified atom stereocenters. The molecular formula is C13H21NO6. The Hall–Kier alpha value is -1.63. The molecule has 114 valence electrons. The molecule has 2 atom stereocenters. The third kappa shape index (κ3) is 3.69. The summed E-state index contributed by atoms with van der Waals surface area (Å²) in [6, 6.07) is 0. The molecule has 1 aliphatic heterocycles. The molecule has 0 amide bonds. The smallest absolute Gasteiger partial charge is 0.338 e. The largest absolute Gasteiger partial charge is 0.467 e. The third-order valence-electron chi connectivity index (χ3n) is 2.96. The van der Waals surface area contributed by atoms with Crippen LogP contribution in [0, 0.1) is 0 Å². The van der Waals surface area contributed by atoms with Crippen molar-refractivity contribution in [2.45, 2.75) is 50.9 Å². The van der Waals surface area contributed by atoms with E-state index in [2.05, 4.69) is 5.32 Å². The molecule has 7 nitrogen and oxygen atoms in total. The van der Waals surface area contributed by atoms with E-state index in [-0.39, 0.29) is 6.42 Å². The molecule has 1 fully saturated rings. The van der Waals surface area contributed by atoms with Crippen molar-refractivity contribution in [2.75, 3.05) is 13.7 Å². The molecule has 0 spiro atoms. The molecule has 0 radical (unpaired) electrons. The average Bonchev–Trinajstić information content (AvgIpc) is 2.36. The van der Waals surface area contributed by atoms with Gasteiger partial charge in [0.2, 0.25) is 5.54 Å². The van der Waals surface area contributed by atoms with E-state index in [0.717, 1.165) is 0 Å². The van der Waals surface area contributed by atoms with E-state index in [1.165, 1.54) is 7.11 Å². The van der Waals surface area contributed by atoms with Gasteiger partial charge in [-0.05, 0) is 27.2 Å². The first-order chi connectivity index (χ1) is 9.25. The number of carbonyl (C=O) groups is 3. The highest BCUT2D eigenvalue weighted by molar-refractivity contribution is 6.05. The number of piperidine rings is 1. The van der Waals surface area contributed by atoms with Gasteiger partial charge in [0.1, 0.15) is 11.7 Å². The van der Waals surface area contributed by atoms with Gasteiger partial charge in [-0.15, -0.1) is 0 Å². The lowest BCUT2D eigenvalue weighted by Gasteiger charge is -2.38. The van der Waals surface area contributed by atoms with Crippen molar-refractivity contribution >= 4 is 18.4 Å². The van der Waals surface area contributed by atoms with Crippen LogP contribution in [-0.4, -0.2) is 49.3 Å². The van der Waals surface area contributed by atoms with Gasteiger partial charge in [0.05, 0.1) is 7.11 Å². The molecule has 1 N–H and O–H groups in total. The highest BCUT2D eigenvalue weighted by Crippen LogP contribution is 2.26. The Kier molecular flexibility index (Phi) is 5.10. The van der Waals surface area contributed by atoms with Crippen LogP contribution in [0.2, 0.25) is 0 Å². The standard InChI is InChI=1S/C13H21NO6/c1-12(2,3)20-11(17)13(10(16)18-4)7-9(19-8-15)5-6-14-13/h8-9,14H,5-7H2,1-4H3/t9-,13-/m1/s1. The molecule has 1 saturated heterocycles. The van der Waals surface area contributed by atoms with Crippen molar-refractivity contribution < 1.29 is 28.6 Å². The first-order valence-electron chi connectivity index (χ1n) is 6.41. The number of esters is 2. The van der Waals surface area contributed by atoms with Gasteiger partial charge in [-0.25, -0.2) is 9.59 Å². The van der Waals surface area contributed by atoms with Crippen LogP contribution in [0.25, 0.3) is 0 Å². The van der Waals surface area contributed by atoms with Crippen molar-refractivity contribution in [3.8, 4) is 0 Å². The molecule has 1 heterocycles. The van der Waals surface area contributed by atoms with Gasteiger partial charge in [-0.3, -0.25) is 10.1 Å². The molecule has 0 aliphatic carbocycles. The van der Waals surface area contributed by atoms with E-state index >= 15 is 0 Å². The van der Waals surface area contributed by atoms with E-state index < -0.39 is 29.2 Å². The van der Waals surface area contributed by atoms with Crippen LogP contribution in [0.4, 0.5) is 0 Å². The predicted molar refractivity (Wildman–Crippen MR) is 68.8 cm³/mol. The van der Waals surface area contributed by atoms with Crippen LogP contribution in [0.15, 0.2) is 0 Å². The molecular weight excluding hydrogens is 266 g/mol. The second kappa shape index (κ2) is 6.21. The molecule has 1 rings (SSSR count). The van der Waals surface area contributed by atoms with Crippen LogP contribution in [0.3, 0.4) is 0 Å². The molecule has 0 aromatic rings. The summed E-state index contributed by atoms with van der Waals surface area (Å²) in [5.41, 5.74) is -2.37. The van der Waals surface area contributed by atoms with E-state index in [4.69, 9.17) is 14.2 Å². The first-order valence-corrected chi connectivity index (χ1v) is 6.41. The van der Waals surface area contributed by atoms with E-state index in [9.17, 15) is 14.4 Å². The van der Waals surface area contributed by atoms with Gasteiger partial charge in [0.15, 0.2) is 0 Å². The molecule has 0 bridgehead atoms. The lowest BCUT2D eigenvalue weighted by Crippen LogP contribution is -2.64. The number of ether oxygens (including phenoxy) is 3. The highest BCUT2D eigenvalue weighted by atomic mass is 16.6. The Balaban J connectivity index is 3.00. The van der Waals surface area contributed by atoms with E-state index in [0.29, 0.717) is 19.4 Å². The van der Waals surface area contributed by atoms with Gasteiger partial charge in [-0.2, -0.15) is 0 Å². The first kappa shape index (κ1) is 16.4. The van der Waals surface area contributed by atoms with Crippen LogP contribution in [0.5, 0.6) is 0 Å². The second-order valence-electron chi connectivity index (χ2n) is 5.67. The van der Waals surface area contributed by atoms with E-state index in [1.807, 2.05) is 0 Å². The maximum atomic E-state index is 12.4. The average molecular weight is 287 g/mol. The fourth-order valence-electron chi connectivity index (χ4n) is 2.09. The molecule has 0 saturated carbocycles. The molecule has 0 aromatic heterocycles. The topological polar surface area (TPSA) is 90.9 Å². The summed E-state index contributed by atoms with van der Waals surface area (Å²) >= 11 is 0. The van der Waals surface area contributed by atoms with Gasteiger partial charge < -0.3 is 14.2 Å². The van der Waals surface area contributed by atoms with E-state index in [1.54, 1.807) is 20.8 Å². The number of methoxy groups -OCH3 is 1. The summed E-state index contributed by atoms with van der Waals surface area (Å²) in [5.74, 6) is -1.47. The normalized spacial score (nSPS) is 26.5. The number of hydrogen-bond donors (Lipinski definition) is 1. The van der Waals surface area contributed by atoms with Crippen molar-refractivity contribution in [1.29, 1.82) is 0 Å². The Morgan fingerprint density at radius 1 is 1.30 bits per heavy atom. The highest BCUT2D eigenvalue weighted by Gasteiger charge is 2.53. The quantitative estimate of drug-likeness (QED) is 0.341. The zero-order valence-electron chi connectivity index (χ0n) is 12.2.